The number of nitrogens with one attached hydrogen (secondary N) is 1. The van der Waals surface area contributed by atoms with E-state index >= 15 is 0 Å². The van der Waals surface area contributed by atoms with Gasteiger partial charge in [0.2, 0.25) is 5.91 Å². The molecule has 3 aromatic rings. The van der Waals surface area contributed by atoms with E-state index in [1.807, 2.05) is 0 Å². The molecule has 0 fully saturated rings. The van der Waals surface area contributed by atoms with Crippen molar-refractivity contribution in [3.63, 3.8) is 0 Å². The lowest BCUT2D eigenvalue weighted by Gasteiger charge is -2.14. The van der Waals surface area contributed by atoms with Crippen molar-refractivity contribution < 1.29 is 18.0 Å². The molecule has 0 saturated carbocycles. The van der Waals surface area contributed by atoms with E-state index in [0.29, 0.717) is 6.07 Å². The molecule has 2 aromatic carbocycles. The molecule has 1 aromatic heterocycles. The van der Waals surface area contributed by atoms with Crippen molar-refractivity contribution >= 4 is 34.1 Å². The quantitative estimate of drug-likeness (QED) is 0.695. The van der Waals surface area contributed by atoms with Gasteiger partial charge in [0.25, 0.3) is 5.56 Å². The van der Waals surface area contributed by atoms with E-state index in [-0.39, 0.29) is 23.1 Å². The first-order valence-corrected chi connectivity index (χ1v) is 8.90. The summed E-state index contributed by atoms with van der Waals surface area (Å²) >= 11 is 5.57. The van der Waals surface area contributed by atoms with Gasteiger partial charge in [0.05, 0.1) is 21.5 Å². The highest BCUT2D eigenvalue weighted by Crippen LogP contribution is 2.36. The Morgan fingerprint density at radius 1 is 1.10 bits per heavy atom. The molecular formula is C19H15ClF3N3O3. The fourth-order valence-corrected chi connectivity index (χ4v) is 3.19. The number of aromatic nitrogens is 2. The zero-order chi connectivity index (χ0) is 21.3. The molecule has 0 radical (unpaired) electrons. The summed E-state index contributed by atoms with van der Waals surface area (Å²) in [4.78, 5) is 37.5. The average Bonchev–Trinajstić information content (AvgIpc) is 2.66. The monoisotopic (exact) mass is 425 g/mol. The zero-order valence-corrected chi connectivity index (χ0v) is 15.8. The Balaban J connectivity index is 1.98. The molecule has 0 aliphatic carbocycles. The van der Waals surface area contributed by atoms with Crippen LogP contribution in [0.3, 0.4) is 0 Å². The molecule has 6 nitrogen and oxygen atoms in total. The predicted molar refractivity (Wildman–Crippen MR) is 103 cm³/mol. The van der Waals surface area contributed by atoms with Crippen LogP contribution in [0.25, 0.3) is 10.9 Å². The van der Waals surface area contributed by atoms with E-state index in [1.165, 1.54) is 18.2 Å². The molecule has 0 unspecified atom stereocenters. The SMILES string of the molecule is CCn1c(=O)c2ccccc2n(CC(=O)Nc2ccc(Cl)c(C(F)(F)F)c2)c1=O. The van der Waals surface area contributed by atoms with Crippen LogP contribution in [0.5, 0.6) is 0 Å². The van der Waals surface area contributed by atoms with Gasteiger partial charge in [-0.15, -0.1) is 0 Å². The minimum atomic E-state index is -4.68. The molecule has 0 saturated heterocycles. The van der Waals surface area contributed by atoms with Crippen LogP contribution in [0.4, 0.5) is 18.9 Å². The number of fused-ring (bicyclic) bond motifs is 1. The second kappa shape index (κ2) is 7.75. The minimum Gasteiger partial charge on any atom is -0.325 e. The van der Waals surface area contributed by atoms with Gasteiger partial charge in [-0.25, -0.2) is 4.79 Å². The number of anilines is 1. The van der Waals surface area contributed by atoms with Crippen molar-refractivity contribution in [1.82, 2.24) is 9.13 Å². The number of hydrogen-bond acceptors (Lipinski definition) is 3. The lowest BCUT2D eigenvalue weighted by atomic mass is 10.2. The van der Waals surface area contributed by atoms with Gasteiger partial charge in [-0.2, -0.15) is 13.2 Å². The number of halogens is 4. The highest BCUT2D eigenvalue weighted by molar-refractivity contribution is 6.31. The van der Waals surface area contributed by atoms with E-state index in [9.17, 15) is 27.6 Å². The summed E-state index contributed by atoms with van der Waals surface area (Å²) in [6.07, 6.45) is -4.68. The number of rotatable bonds is 4. The molecule has 0 bridgehead atoms. The molecule has 0 atom stereocenters. The van der Waals surface area contributed by atoms with Gasteiger partial charge in [-0.1, -0.05) is 23.7 Å². The molecule has 10 heteroatoms. The molecule has 29 heavy (non-hydrogen) atoms. The largest absolute Gasteiger partial charge is 0.417 e. The first kappa shape index (κ1) is 20.7. The third kappa shape index (κ3) is 4.04. The molecule has 1 amide bonds. The summed E-state index contributed by atoms with van der Waals surface area (Å²) < 4.78 is 41.1. The average molecular weight is 426 g/mol. The van der Waals surface area contributed by atoms with Crippen molar-refractivity contribution in [3.05, 3.63) is 73.9 Å². The van der Waals surface area contributed by atoms with Crippen LogP contribution < -0.4 is 16.6 Å². The topological polar surface area (TPSA) is 73.1 Å². The van der Waals surface area contributed by atoms with Crippen molar-refractivity contribution in [2.24, 2.45) is 0 Å². The summed E-state index contributed by atoms with van der Waals surface area (Å²) in [7, 11) is 0. The summed E-state index contributed by atoms with van der Waals surface area (Å²) in [5.74, 6) is -0.728. The van der Waals surface area contributed by atoms with Crippen molar-refractivity contribution in [2.45, 2.75) is 26.2 Å². The molecule has 3 rings (SSSR count). The van der Waals surface area contributed by atoms with Crippen LogP contribution in [0, 0.1) is 0 Å². The van der Waals surface area contributed by atoms with Crippen molar-refractivity contribution in [2.75, 3.05) is 5.32 Å². The molecule has 1 N–H and O–H groups in total. The number of hydrogen-bond donors (Lipinski definition) is 1. The summed E-state index contributed by atoms with van der Waals surface area (Å²) in [5, 5.41) is 2.09. The molecular weight excluding hydrogens is 411 g/mol. The second-order valence-corrected chi connectivity index (χ2v) is 6.58. The van der Waals surface area contributed by atoms with Crippen LogP contribution in [0.15, 0.2) is 52.1 Å². The highest BCUT2D eigenvalue weighted by atomic mass is 35.5. The maximum absolute atomic E-state index is 13.0. The maximum atomic E-state index is 13.0. The summed E-state index contributed by atoms with van der Waals surface area (Å²) in [5.41, 5.74) is -2.10. The van der Waals surface area contributed by atoms with Crippen LogP contribution in [0.2, 0.25) is 5.02 Å². The van der Waals surface area contributed by atoms with Gasteiger partial charge in [-0.05, 0) is 37.3 Å². The third-order valence-electron chi connectivity index (χ3n) is 4.31. The molecule has 0 aliphatic heterocycles. The highest BCUT2D eigenvalue weighted by Gasteiger charge is 2.33. The molecule has 1 heterocycles. The Kier molecular flexibility index (Phi) is 5.52. The zero-order valence-electron chi connectivity index (χ0n) is 15.1. The Labute approximate surface area is 167 Å². The summed E-state index contributed by atoms with van der Waals surface area (Å²) in [6.45, 7) is 1.24. The molecule has 0 aliphatic rings. The number of carbonyl (C=O) groups is 1. The number of amides is 1. The Morgan fingerprint density at radius 3 is 2.45 bits per heavy atom. The van der Waals surface area contributed by atoms with E-state index < -0.39 is 40.5 Å². The Bertz CT molecular complexity index is 1220. The predicted octanol–water partition coefficient (Wildman–Crippen LogP) is 3.49. The van der Waals surface area contributed by atoms with Crippen molar-refractivity contribution in [1.29, 1.82) is 0 Å². The smallest absolute Gasteiger partial charge is 0.325 e. The van der Waals surface area contributed by atoms with Crippen LogP contribution >= 0.6 is 11.6 Å². The maximum Gasteiger partial charge on any atom is 0.417 e. The Hall–Kier alpha value is -3.07. The van der Waals surface area contributed by atoms with E-state index in [4.69, 9.17) is 11.6 Å². The third-order valence-corrected chi connectivity index (χ3v) is 4.64. The van der Waals surface area contributed by atoms with E-state index in [2.05, 4.69) is 5.32 Å². The minimum absolute atomic E-state index is 0.107. The lowest BCUT2D eigenvalue weighted by molar-refractivity contribution is -0.137. The first-order valence-electron chi connectivity index (χ1n) is 8.52. The molecule has 152 valence electrons. The summed E-state index contributed by atoms with van der Waals surface area (Å²) in [6, 6.07) is 9.27. The van der Waals surface area contributed by atoms with Gasteiger partial charge in [0.1, 0.15) is 6.54 Å². The van der Waals surface area contributed by atoms with Crippen LogP contribution in [-0.2, 0) is 24.1 Å². The normalized spacial score (nSPS) is 11.6. The first-order chi connectivity index (χ1) is 13.6. The van der Waals surface area contributed by atoms with Gasteiger partial charge in [0.15, 0.2) is 0 Å². The molecule has 0 spiro atoms. The van der Waals surface area contributed by atoms with E-state index in [0.717, 1.165) is 15.2 Å². The Morgan fingerprint density at radius 2 is 1.79 bits per heavy atom. The fourth-order valence-electron chi connectivity index (χ4n) is 2.97. The van der Waals surface area contributed by atoms with Gasteiger partial charge in [0, 0.05) is 12.2 Å². The fraction of sp³-hybridized carbons (Fsp3) is 0.211. The lowest BCUT2D eigenvalue weighted by Crippen LogP contribution is -2.41. The number of alkyl halides is 3. The van der Waals surface area contributed by atoms with Gasteiger partial charge >= 0.3 is 11.9 Å². The van der Waals surface area contributed by atoms with Gasteiger partial charge < -0.3 is 5.32 Å². The number of benzene rings is 2. The number of carbonyl (C=O) groups excluding carboxylic acids is 1. The van der Waals surface area contributed by atoms with Gasteiger partial charge in [-0.3, -0.25) is 18.7 Å². The standard InChI is InChI=1S/C19H15ClF3N3O3/c1-2-25-17(28)12-5-3-4-6-15(12)26(18(25)29)10-16(27)24-11-7-8-14(20)13(9-11)19(21,22)23/h3-9H,2,10H2,1H3,(H,24,27). The van der Waals surface area contributed by atoms with Crippen LogP contribution in [0.1, 0.15) is 12.5 Å². The van der Waals surface area contributed by atoms with Crippen LogP contribution in [-0.4, -0.2) is 15.0 Å². The van der Waals surface area contributed by atoms with E-state index in [1.54, 1.807) is 19.1 Å². The number of para-hydroxylation sites is 1. The van der Waals surface area contributed by atoms with Crippen molar-refractivity contribution in [3.8, 4) is 0 Å². The number of nitrogens with zero attached hydrogens (tertiary/aromatic N) is 2. The second-order valence-electron chi connectivity index (χ2n) is 6.18.